The van der Waals surface area contributed by atoms with Gasteiger partial charge in [-0.3, -0.25) is 4.79 Å². The second-order valence-corrected chi connectivity index (χ2v) is 5.00. The van der Waals surface area contributed by atoms with Gasteiger partial charge in [0.15, 0.2) is 0 Å². The molecule has 0 aromatic heterocycles. The lowest BCUT2D eigenvalue weighted by molar-refractivity contribution is -0.137. The first-order valence-corrected chi connectivity index (χ1v) is 6.14. The van der Waals surface area contributed by atoms with Crippen LogP contribution in [0.15, 0.2) is 18.2 Å². The third-order valence-corrected chi connectivity index (χ3v) is 3.80. The second-order valence-electron chi connectivity index (χ2n) is 5.00. The molecule has 2 aliphatic heterocycles. The SMILES string of the molecule is C[C@@H]1CNC[C@@H]2c3cccc(C(F)(F)F)c3C(=O)N12. The zero-order valence-corrected chi connectivity index (χ0v) is 10.3. The summed E-state index contributed by atoms with van der Waals surface area (Å²) in [7, 11) is 0. The van der Waals surface area contributed by atoms with E-state index in [1.54, 1.807) is 11.0 Å². The summed E-state index contributed by atoms with van der Waals surface area (Å²) in [5, 5.41) is 3.15. The lowest BCUT2D eigenvalue weighted by Gasteiger charge is -2.36. The van der Waals surface area contributed by atoms with Gasteiger partial charge in [0, 0.05) is 19.1 Å². The maximum atomic E-state index is 13.0. The van der Waals surface area contributed by atoms with Crippen LogP contribution in [-0.2, 0) is 6.18 Å². The summed E-state index contributed by atoms with van der Waals surface area (Å²) in [5.41, 5.74) is -0.508. The van der Waals surface area contributed by atoms with E-state index in [0.717, 1.165) is 6.07 Å². The maximum absolute atomic E-state index is 13.0. The predicted molar refractivity (Wildman–Crippen MR) is 62.7 cm³/mol. The van der Waals surface area contributed by atoms with Gasteiger partial charge in [0.25, 0.3) is 5.91 Å². The number of rotatable bonds is 0. The Morgan fingerprint density at radius 2 is 2.05 bits per heavy atom. The minimum absolute atomic E-state index is 0.0975. The number of fused-ring (bicyclic) bond motifs is 3. The maximum Gasteiger partial charge on any atom is 0.417 e. The van der Waals surface area contributed by atoms with Crippen molar-refractivity contribution in [3.05, 3.63) is 34.9 Å². The number of hydrogen-bond donors (Lipinski definition) is 1. The molecule has 1 aromatic carbocycles. The molecule has 0 bridgehead atoms. The van der Waals surface area contributed by atoms with Gasteiger partial charge >= 0.3 is 6.18 Å². The van der Waals surface area contributed by atoms with Crippen molar-refractivity contribution in [2.75, 3.05) is 13.1 Å². The fourth-order valence-corrected chi connectivity index (χ4v) is 2.99. The molecular formula is C13H13F3N2O. The Morgan fingerprint density at radius 3 is 2.74 bits per heavy atom. The zero-order chi connectivity index (χ0) is 13.8. The number of benzene rings is 1. The van der Waals surface area contributed by atoms with Gasteiger partial charge in [0.1, 0.15) is 0 Å². The number of piperazine rings is 1. The first kappa shape index (κ1) is 12.5. The van der Waals surface area contributed by atoms with Crippen molar-refractivity contribution in [3.8, 4) is 0 Å². The molecule has 1 saturated heterocycles. The van der Waals surface area contributed by atoms with Crippen LogP contribution in [0.4, 0.5) is 13.2 Å². The number of alkyl halides is 3. The molecule has 1 N–H and O–H groups in total. The fourth-order valence-electron chi connectivity index (χ4n) is 2.99. The predicted octanol–water partition coefficient (Wildman–Crippen LogP) is 2.19. The molecule has 2 heterocycles. The van der Waals surface area contributed by atoms with Crippen molar-refractivity contribution in [1.29, 1.82) is 0 Å². The van der Waals surface area contributed by atoms with Gasteiger partial charge in [-0.1, -0.05) is 12.1 Å². The highest BCUT2D eigenvalue weighted by Gasteiger charge is 2.46. The fraction of sp³-hybridized carbons (Fsp3) is 0.462. The summed E-state index contributed by atoms with van der Waals surface area (Å²) >= 11 is 0. The Bertz CT molecular complexity index is 541. The molecule has 1 amide bonds. The average molecular weight is 270 g/mol. The molecule has 0 aliphatic carbocycles. The second kappa shape index (κ2) is 3.96. The highest BCUT2D eigenvalue weighted by molar-refractivity contribution is 6.01. The Kier molecular flexibility index (Phi) is 2.60. The molecule has 6 heteroatoms. The summed E-state index contributed by atoms with van der Waals surface area (Å²) in [6.07, 6.45) is -4.49. The molecule has 0 saturated carbocycles. The summed E-state index contributed by atoms with van der Waals surface area (Å²) in [4.78, 5) is 13.9. The monoisotopic (exact) mass is 270 g/mol. The number of hydrogen-bond acceptors (Lipinski definition) is 2. The van der Waals surface area contributed by atoms with Crippen molar-refractivity contribution in [3.63, 3.8) is 0 Å². The topological polar surface area (TPSA) is 32.3 Å². The summed E-state index contributed by atoms with van der Waals surface area (Å²) in [6, 6.07) is 3.59. The van der Waals surface area contributed by atoms with E-state index in [-0.39, 0.29) is 17.6 Å². The van der Waals surface area contributed by atoms with E-state index in [0.29, 0.717) is 18.7 Å². The van der Waals surface area contributed by atoms with Crippen LogP contribution in [0.5, 0.6) is 0 Å². The first-order chi connectivity index (χ1) is 8.91. The Labute approximate surface area is 108 Å². The van der Waals surface area contributed by atoms with Crippen molar-refractivity contribution >= 4 is 5.91 Å². The number of carbonyl (C=O) groups excluding carboxylic acids is 1. The minimum atomic E-state index is -4.49. The highest BCUT2D eigenvalue weighted by Crippen LogP contribution is 2.42. The summed E-state index contributed by atoms with van der Waals surface area (Å²) in [5.74, 6) is -0.498. The van der Waals surface area contributed by atoms with Crippen LogP contribution in [0, 0.1) is 0 Å². The molecule has 3 nitrogen and oxygen atoms in total. The average Bonchev–Trinajstić information content (AvgIpc) is 2.64. The first-order valence-electron chi connectivity index (χ1n) is 6.14. The smallest absolute Gasteiger partial charge is 0.326 e. The van der Waals surface area contributed by atoms with Crippen LogP contribution in [0.25, 0.3) is 0 Å². The molecule has 0 spiro atoms. The van der Waals surface area contributed by atoms with E-state index in [2.05, 4.69) is 5.32 Å². The van der Waals surface area contributed by atoms with Crippen LogP contribution in [0.2, 0.25) is 0 Å². The van der Waals surface area contributed by atoms with Gasteiger partial charge in [-0.25, -0.2) is 0 Å². The highest BCUT2D eigenvalue weighted by atomic mass is 19.4. The van der Waals surface area contributed by atoms with Crippen LogP contribution >= 0.6 is 0 Å². The van der Waals surface area contributed by atoms with Crippen LogP contribution in [-0.4, -0.2) is 29.9 Å². The van der Waals surface area contributed by atoms with E-state index in [9.17, 15) is 18.0 Å². The molecule has 0 radical (unpaired) electrons. The molecule has 1 aromatic rings. The van der Waals surface area contributed by atoms with E-state index in [4.69, 9.17) is 0 Å². The van der Waals surface area contributed by atoms with Crippen LogP contribution in [0.1, 0.15) is 34.5 Å². The molecule has 3 rings (SSSR count). The molecule has 2 aliphatic rings. The standard InChI is InChI=1S/C13H13F3N2O/c1-7-5-17-6-10-8-3-2-4-9(13(14,15)16)11(8)12(19)18(7)10/h2-4,7,10,17H,5-6H2,1H3/t7-,10-/m1/s1. The summed E-state index contributed by atoms with van der Waals surface area (Å²) in [6.45, 7) is 2.96. The van der Waals surface area contributed by atoms with Gasteiger partial charge in [0.05, 0.1) is 17.2 Å². The normalized spacial score (nSPS) is 26.3. The number of halogens is 3. The third-order valence-electron chi connectivity index (χ3n) is 3.80. The van der Waals surface area contributed by atoms with Crippen molar-refractivity contribution < 1.29 is 18.0 Å². The quantitative estimate of drug-likeness (QED) is 0.783. The van der Waals surface area contributed by atoms with Gasteiger partial charge < -0.3 is 10.2 Å². The molecule has 1 fully saturated rings. The van der Waals surface area contributed by atoms with Gasteiger partial charge in [0.2, 0.25) is 0 Å². The lowest BCUT2D eigenvalue weighted by Crippen LogP contribution is -2.50. The van der Waals surface area contributed by atoms with E-state index in [1.165, 1.54) is 6.07 Å². The number of carbonyl (C=O) groups is 1. The number of nitrogens with one attached hydrogen (secondary N) is 1. The zero-order valence-electron chi connectivity index (χ0n) is 10.3. The van der Waals surface area contributed by atoms with Crippen molar-refractivity contribution in [2.24, 2.45) is 0 Å². The molecule has 2 atom stereocenters. The number of nitrogens with zero attached hydrogens (tertiary/aromatic N) is 1. The third kappa shape index (κ3) is 1.74. The Hall–Kier alpha value is -1.56. The van der Waals surface area contributed by atoms with E-state index < -0.39 is 17.6 Å². The molecule has 19 heavy (non-hydrogen) atoms. The van der Waals surface area contributed by atoms with Gasteiger partial charge in [-0.15, -0.1) is 0 Å². The molecule has 0 unspecified atom stereocenters. The summed E-state index contributed by atoms with van der Waals surface area (Å²) < 4.78 is 39.0. The van der Waals surface area contributed by atoms with Crippen LogP contribution < -0.4 is 5.32 Å². The molecular weight excluding hydrogens is 257 g/mol. The Morgan fingerprint density at radius 1 is 1.32 bits per heavy atom. The Balaban J connectivity index is 2.17. The lowest BCUT2D eigenvalue weighted by atomic mass is 9.98. The van der Waals surface area contributed by atoms with Crippen molar-refractivity contribution in [1.82, 2.24) is 10.2 Å². The van der Waals surface area contributed by atoms with Crippen LogP contribution in [0.3, 0.4) is 0 Å². The van der Waals surface area contributed by atoms with E-state index in [1.807, 2.05) is 6.92 Å². The molecule has 102 valence electrons. The largest absolute Gasteiger partial charge is 0.417 e. The minimum Gasteiger partial charge on any atom is -0.326 e. The number of amides is 1. The van der Waals surface area contributed by atoms with Gasteiger partial charge in [-0.2, -0.15) is 13.2 Å². The van der Waals surface area contributed by atoms with Gasteiger partial charge in [-0.05, 0) is 18.6 Å². The van der Waals surface area contributed by atoms with E-state index >= 15 is 0 Å². The van der Waals surface area contributed by atoms with Crippen molar-refractivity contribution in [2.45, 2.75) is 25.2 Å².